The van der Waals surface area contributed by atoms with Crippen LogP contribution >= 0.6 is 11.3 Å². The van der Waals surface area contributed by atoms with E-state index < -0.39 is 10.0 Å². The van der Waals surface area contributed by atoms with E-state index in [4.69, 9.17) is 4.74 Å². The van der Waals surface area contributed by atoms with Gasteiger partial charge in [0.15, 0.2) is 5.13 Å². The first-order chi connectivity index (χ1) is 15.4. The van der Waals surface area contributed by atoms with E-state index in [-0.39, 0.29) is 10.8 Å². The van der Waals surface area contributed by atoms with Crippen molar-refractivity contribution in [1.82, 2.24) is 9.29 Å². The molecule has 0 aliphatic heterocycles. The van der Waals surface area contributed by atoms with Gasteiger partial charge in [0.1, 0.15) is 5.75 Å². The number of aromatic nitrogens is 1. The van der Waals surface area contributed by atoms with Crippen LogP contribution in [0.15, 0.2) is 58.8 Å². The van der Waals surface area contributed by atoms with Crippen LogP contribution < -0.4 is 10.1 Å². The molecule has 9 heteroatoms. The molecule has 0 aliphatic rings. The lowest BCUT2D eigenvalue weighted by Crippen LogP contribution is -2.32. The van der Waals surface area contributed by atoms with Crippen LogP contribution in [0.1, 0.15) is 37.0 Å². The summed E-state index contributed by atoms with van der Waals surface area (Å²) in [6.07, 6.45) is 1.47. The molecule has 3 rings (SSSR count). The van der Waals surface area contributed by atoms with Gasteiger partial charge >= 0.3 is 0 Å². The van der Waals surface area contributed by atoms with E-state index in [1.165, 1.54) is 15.6 Å². The largest absolute Gasteiger partial charge is 0.497 e. The van der Waals surface area contributed by atoms with E-state index in [1.807, 2.05) is 13.8 Å². The molecule has 0 bridgehead atoms. The van der Waals surface area contributed by atoms with Crippen molar-refractivity contribution in [3.63, 3.8) is 0 Å². The van der Waals surface area contributed by atoms with Crippen molar-refractivity contribution in [2.75, 3.05) is 25.5 Å². The number of thiazole rings is 1. The Labute approximate surface area is 193 Å². The predicted octanol–water partition coefficient (Wildman–Crippen LogP) is 4.88. The van der Waals surface area contributed by atoms with E-state index >= 15 is 0 Å². The molecule has 1 heterocycles. The number of carbonyl (C=O) groups is 1. The second kappa shape index (κ2) is 10.7. The van der Waals surface area contributed by atoms with E-state index in [9.17, 15) is 13.2 Å². The number of amides is 1. The molecule has 0 fully saturated rings. The van der Waals surface area contributed by atoms with Crippen molar-refractivity contribution in [3.05, 3.63) is 59.5 Å². The molecule has 0 aliphatic carbocycles. The summed E-state index contributed by atoms with van der Waals surface area (Å²) in [7, 11) is -2.11. The number of carbonyl (C=O) groups excluding carboxylic acids is 1. The zero-order valence-electron chi connectivity index (χ0n) is 18.4. The first-order valence-corrected chi connectivity index (χ1v) is 12.7. The third-order valence-corrected chi connectivity index (χ3v) is 7.52. The number of benzene rings is 2. The number of hydrogen-bond acceptors (Lipinski definition) is 6. The number of nitrogens with zero attached hydrogens (tertiary/aromatic N) is 2. The van der Waals surface area contributed by atoms with E-state index in [0.29, 0.717) is 40.8 Å². The van der Waals surface area contributed by atoms with Crippen LogP contribution in [0.25, 0.3) is 11.3 Å². The number of anilines is 1. The molecule has 170 valence electrons. The van der Waals surface area contributed by atoms with Crippen molar-refractivity contribution in [1.29, 1.82) is 0 Å². The maximum Gasteiger partial charge on any atom is 0.257 e. The van der Waals surface area contributed by atoms with Gasteiger partial charge in [-0.2, -0.15) is 4.31 Å². The summed E-state index contributed by atoms with van der Waals surface area (Å²) in [5.74, 6) is 0.364. The summed E-state index contributed by atoms with van der Waals surface area (Å²) >= 11 is 1.25. The minimum absolute atomic E-state index is 0.222. The van der Waals surface area contributed by atoms with Crippen LogP contribution in [0.4, 0.5) is 5.13 Å². The van der Waals surface area contributed by atoms with Crippen LogP contribution in [0.5, 0.6) is 5.75 Å². The molecule has 0 saturated carbocycles. The van der Waals surface area contributed by atoms with Crippen molar-refractivity contribution >= 4 is 32.4 Å². The molecule has 7 nitrogen and oxygen atoms in total. The summed E-state index contributed by atoms with van der Waals surface area (Å²) in [6, 6.07) is 13.6. The van der Waals surface area contributed by atoms with Gasteiger partial charge in [0, 0.05) is 29.6 Å². The van der Waals surface area contributed by atoms with Crippen molar-refractivity contribution in [2.24, 2.45) is 0 Å². The lowest BCUT2D eigenvalue weighted by atomic mass is 10.2. The summed E-state index contributed by atoms with van der Waals surface area (Å²) in [5, 5.41) is 4.92. The van der Waals surface area contributed by atoms with Crippen LogP contribution in [0.3, 0.4) is 0 Å². The number of hydrogen-bond donors (Lipinski definition) is 1. The molecule has 1 amide bonds. The lowest BCUT2D eigenvalue weighted by Gasteiger charge is -2.22. The van der Waals surface area contributed by atoms with Crippen LogP contribution in [-0.4, -0.2) is 43.8 Å². The zero-order valence-corrected chi connectivity index (χ0v) is 20.0. The molecular formula is C23H27N3O4S2. The molecule has 0 unspecified atom stereocenters. The molecule has 0 spiro atoms. The maximum absolute atomic E-state index is 13.3. The Balaban J connectivity index is 1.87. The van der Waals surface area contributed by atoms with Crippen molar-refractivity contribution in [2.45, 2.75) is 31.6 Å². The zero-order chi connectivity index (χ0) is 23.1. The summed E-state index contributed by atoms with van der Waals surface area (Å²) < 4.78 is 33.3. The van der Waals surface area contributed by atoms with E-state index in [1.54, 1.807) is 61.0 Å². The summed E-state index contributed by atoms with van der Waals surface area (Å²) in [5.41, 5.74) is 1.50. The Morgan fingerprint density at radius 3 is 2.34 bits per heavy atom. The topological polar surface area (TPSA) is 88.6 Å². The van der Waals surface area contributed by atoms with Crippen LogP contribution in [0, 0.1) is 0 Å². The molecule has 1 aromatic heterocycles. The molecule has 0 saturated heterocycles. The second-order valence-electron chi connectivity index (χ2n) is 7.12. The standard InChI is InChI=1S/C23H27N3O4S2/c1-4-14-26(15-5-2)32(28,29)21-9-7-6-8-19(21)20-16-31-23(24-20)25-22(27)17-10-12-18(30-3)13-11-17/h6-13,16H,4-5,14-15H2,1-3H3,(H,24,25,27). The number of sulfonamides is 1. The van der Waals surface area contributed by atoms with Gasteiger partial charge in [0.05, 0.1) is 17.7 Å². The Kier molecular flexibility index (Phi) is 8.00. The van der Waals surface area contributed by atoms with Gasteiger partial charge in [0.25, 0.3) is 5.91 Å². The first-order valence-electron chi connectivity index (χ1n) is 10.4. The van der Waals surface area contributed by atoms with Crippen LogP contribution in [-0.2, 0) is 10.0 Å². The molecule has 0 radical (unpaired) electrons. The van der Waals surface area contributed by atoms with Gasteiger partial charge in [-0.1, -0.05) is 32.0 Å². The molecule has 32 heavy (non-hydrogen) atoms. The fourth-order valence-electron chi connectivity index (χ4n) is 3.26. The predicted molar refractivity (Wildman–Crippen MR) is 128 cm³/mol. The molecular weight excluding hydrogens is 446 g/mol. The average Bonchev–Trinajstić information content (AvgIpc) is 3.27. The number of nitrogens with one attached hydrogen (secondary N) is 1. The monoisotopic (exact) mass is 473 g/mol. The smallest absolute Gasteiger partial charge is 0.257 e. The van der Waals surface area contributed by atoms with Gasteiger partial charge in [-0.3, -0.25) is 10.1 Å². The van der Waals surface area contributed by atoms with Gasteiger partial charge in [-0.05, 0) is 43.2 Å². The first kappa shape index (κ1) is 23.9. The third-order valence-electron chi connectivity index (χ3n) is 4.80. The number of ether oxygens (including phenoxy) is 1. The Morgan fingerprint density at radius 2 is 1.72 bits per heavy atom. The average molecular weight is 474 g/mol. The van der Waals surface area contributed by atoms with Gasteiger partial charge in [-0.15, -0.1) is 11.3 Å². The Bertz CT molecular complexity index is 1150. The highest BCUT2D eigenvalue weighted by Gasteiger charge is 2.27. The maximum atomic E-state index is 13.3. The van der Waals surface area contributed by atoms with Gasteiger partial charge in [-0.25, -0.2) is 13.4 Å². The van der Waals surface area contributed by atoms with Gasteiger partial charge < -0.3 is 4.74 Å². The molecule has 0 atom stereocenters. The van der Waals surface area contributed by atoms with E-state index in [0.717, 1.165) is 12.8 Å². The molecule has 1 N–H and O–H groups in total. The highest BCUT2D eigenvalue weighted by Crippen LogP contribution is 2.32. The highest BCUT2D eigenvalue weighted by atomic mass is 32.2. The second-order valence-corrected chi connectivity index (χ2v) is 9.89. The van der Waals surface area contributed by atoms with Crippen LogP contribution in [0.2, 0.25) is 0 Å². The van der Waals surface area contributed by atoms with E-state index in [2.05, 4.69) is 10.3 Å². The summed E-state index contributed by atoms with van der Waals surface area (Å²) in [6.45, 7) is 4.85. The van der Waals surface area contributed by atoms with Crippen molar-refractivity contribution < 1.29 is 17.9 Å². The number of rotatable bonds is 10. The molecule has 2 aromatic carbocycles. The quantitative estimate of drug-likeness (QED) is 0.453. The highest BCUT2D eigenvalue weighted by molar-refractivity contribution is 7.89. The van der Waals surface area contributed by atoms with Crippen molar-refractivity contribution in [3.8, 4) is 17.0 Å². The Hall–Kier alpha value is -2.75. The third kappa shape index (κ3) is 5.35. The fraction of sp³-hybridized carbons (Fsp3) is 0.304. The molecule has 3 aromatic rings. The van der Waals surface area contributed by atoms with Gasteiger partial charge in [0.2, 0.25) is 10.0 Å². The Morgan fingerprint density at radius 1 is 1.06 bits per heavy atom. The summed E-state index contributed by atoms with van der Waals surface area (Å²) in [4.78, 5) is 17.2. The minimum atomic E-state index is -3.67. The minimum Gasteiger partial charge on any atom is -0.497 e. The fourth-order valence-corrected chi connectivity index (χ4v) is 5.79. The normalized spacial score (nSPS) is 11.5. The number of methoxy groups -OCH3 is 1. The SMILES string of the molecule is CCCN(CCC)S(=O)(=O)c1ccccc1-c1csc(NC(=O)c2ccc(OC)cc2)n1. The lowest BCUT2D eigenvalue weighted by molar-refractivity contribution is 0.102.